The summed E-state index contributed by atoms with van der Waals surface area (Å²) in [6.45, 7) is 8.99. The van der Waals surface area contributed by atoms with Crippen molar-refractivity contribution in [2.24, 2.45) is 11.7 Å². The van der Waals surface area contributed by atoms with Gasteiger partial charge < -0.3 is 10.6 Å². The van der Waals surface area contributed by atoms with E-state index in [-0.39, 0.29) is 5.54 Å². The van der Waals surface area contributed by atoms with Gasteiger partial charge in [0.15, 0.2) is 0 Å². The molecule has 0 saturated heterocycles. The van der Waals surface area contributed by atoms with Gasteiger partial charge >= 0.3 is 0 Å². The second-order valence-corrected chi connectivity index (χ2v) is 6.40. The maximum absolute atomic E-state index is 6.26. The van der Waals surface area contributed by atoms with Crippen LogP contribution < -0.4 is 5.73 Å². The van der Waals surface area contributed by atoms with Gasteiger partial charge in [0.2, 0.25) is 0 Å². The van der Waals surface area contributed by atoms with E-state index < -0.39 is 0 Å². The molecule has 0 amide bonds. The second-order valence-electron chi connectivity index (χ2n) is 6.40. The Balaban J connectivity index is 2.71. The van der Waals surface area contributed by atoms with Crippen molar-refractivity contribution in [3.05, 3.63) is 0 Å². The fourth-order valence-electron chi connectivity index (χ4n) is 3.97. The van der Waals surface area contributed by atoms with Gasteiger partial charge in [-0.2, -0.15) is 0 Å². The normalized spacial score (nSPS) is 28.3. The molecule has 1 aliphatic rings. The van der Waals surface area contributed by atoms with Crippen LogP contribution in [-0.2, 0) is 0 Å². The Morgan fingerprint density at radius 2 is 1.89 bits per heavy atom. The molecule has 0 bridgehead atoms. The zero-order chi connectivity index (χ0) is 14.3. The molecule has 1 aliphatic carbocycles. The van der Waals surface area contributed by atoms with E-state index in [2.05, 4.69) is 37.7 Å². The van der Waals surface area contributed by atoms with Crippen molar-refractivity contribution in [3.63, 3.8) is 0 Å². The van der Waals surface area contributed by atoms with E-state index >= 15 is 0 Å². The average Bonchev–Trinajstić information content (AvgIpc) is 2.43. The lowest BCUT2D eigenvalue weighted by atomic mass is 9.70. The first-order chi connectivity index (χ1) is 9.10. The monoisotopic (exact) mass is 269 g/mol. The first-order valence-corrected chi connectivity index (χ1v) is 8.20. The van der Waals surface area contributed by atoms with E-state index in [1.165, 1.54) is 51.6 Å². The van der Waals surface area contributed by atoms with Gasteiger partial charge in [-0.3, -0.25) is 4.90 Å². The minimum atomic E-state index is 0.286. The predicted molar refractivity (Wildman–Crippen MR) is 84.5 cm³/mol. The van der Waals surface area contributed by atoms with E-state index in [0.29, 0.717) is 0 Å². The standard InChI is InChI=1S/C16H35N3/c1-5-15-10-7-8-11-16(15,14-17)19(6-2)13-9-12-18(3)4/h15H,5-14,17H2,1-4H3. The van der Waals surface area contributed by atoms with Gasteiger partial charge in [0.1, 0.15) is 0 Å². The summed E-state index contributed by atoms with van der Waals surface area (Å²) < 4.78 is 0. The zero-order valence-electron chi connectivity index (χ0n) is 13.6. The summed E-state index contributed by atoms with van der Waals surface area (Å²) in [6.07, 6.45) is 7.96. The van der Waals surface area contributed by atoms with E-state index in [9.17, 15) is 0 Å². The number of hydrogen-bond donors (Lipinski definition) is 1. The number of hydrogen-bond acceptors (Lipinski definition) is 3. The largest absolute Gasteiger partial charge is 0.329 e. The van der Waals surface area contributed by atoms with Crippen molar-refractivity contribution < 1.29 is 0 Å². The van der Waals surface area contributed by atoms with Crippen LogP contribution in [0.2, 0.25) is 0 Å². The highest BCUT2D eigenvalue weighted by atomic mass is 15.2. The van der Waals surface area contributed by atoms with E-state index in [1.54, 1.807) is 0 Å². The van der Waals surface area contributed by atoms with Crippen molar-refractivity contribution in [3.8, 4) is 0 Å². The molecular weight excluding hydrogens is 234 g/mol. The smallest absolute Gasteiger partial charge is 0.0359 e. The molecule has 1 rings (SSSR count). The fraction of sp³-hybridized carbons (Fsp3) is 1.00. The Labute approximate surface area is 120 Å². The summed E-state index contributed by atoms with van der Waals surface area (Å²) in [6, 6.07) is 0. The molecule has 0 heterocycles. The van der Waals surface area contributed by atoms with Crippen LogP contribution in [-0.4, -0.2) is 55.6 Å². The molecule has 0 aliphatic heterocycles. The lowest BCUT2D eigenvalue weighted by molar-refractivity contribution is 0.00576. The fourth-order valence-corrected chi connectivity index (χ4v) is 3.97. The topological polar surface area (TPSA) is 32.5 Å². The summed E-state index contributed by atoms with van der Waals surface area (Å²) in [4.78, 5) is 4.98. The maximum Gasteiger partial charge on any atom is 0.0359 e. The molecule has 2 N–H and O–H groups in total. The summed E-state index contributed by atoms with van der Waals surface area (Å²) in [5, 5.41) is 0. The third kappa shape index (κ3) is 4.17. The second kappa shape index (κ2) is 8.23. The van der Waals surface area contributed by atoms with Crippen LogP contribution in [0, 0.1) is 5.92 Å². The lowest BCUT2D eigenvalue weighted by Crippen LogP contribution is -2.60. The minimum Gasteiger partial charge on any atom is -0.329 e. The molecule has 0 aromatic carbocycles. The van der Waals surface area contributed by atoms with Gasteiger partial charge in [-0.15, -0.1) is 0 Å². The maximum atomic E-state index is 6.26. The molecule has 0 radical (unpaired) electrons. The molecule has 2 unspecified atom stereocenters. The zero-order valence-corrected chi connectivity index (χ0v) is 13.6. The van der Waals surface area contributed by atoms with Gasteiger partial charge in [-0.05, 0) is 58.9 Å². The Hall–Kier alpha value is -0.120. The van der Waals surface area contributed by atoms with E-state index in [1.807, 2.05) is 0 Å². The number of likely N-dealkylation sites (N-methyl/N-ethyl adjacent to an activating group) is 1. The third-order valence-electron chi connectivity index (χ3n) is 5.06. The molecule has 0 aromatic rings. The van der Waals surface area contributed by atoms with Crippen LogP contribution in [0.3, 0.4) is 0 Å². The third-order valence-corrected chi connectivity index (χ3v) is 5.06. The molecule has 2 atom stereocenters. The first-order valence-electron chi connectivity index (χ1n) is 8.20. The van der Waals surface area contributed by atoms with Crippen LogP contribution in [0.25, 0.3) is 0 Å². The predicted octanol–water partition coefficient (Wildman–Crippen LogP) is 2.56. The molecule has 3 nitrogen and oxygen atoms in total. The van der Waals surface area contributed by atoms with Gasteiger partial charge in [0.25, 0.3) is 0 Å². The van der Waals surface area contributed by atoms with Crippen LogP contribution in [0.4, 0.5) is 0 Å². The highest BCUT2D eigenvalue weighted by Gasteiger charge is 2.42. The van der Waals surface area contributed by atoms with Gasteiger partial charge in [0.05, 0.1) is 0 Å². The Morgan fingerprint density at radius 1 is 1.16 bits per heavy atom. The number of nitrogens with two attached hydrogens (primary N) is 1. The molecule has 19 heavy (non-hydrogen) atoms. The summed E-state index contributed by atoms with van der Waals surface area (Å²) in [5.41, 5.74) is 6.55. The molecule has 1 saturated carbocycles. The number of rotatable bonds is 8. The first kappa shape index (κ1) is 16.9. The van der Waals surface area contributed by atoms with Crippen molar-refractivity contribution >= 4 is 0 Å². The molecule has 3 heteroatoms. The Kier molecular flexibility index (Phi) is 7.33. The van der Waals surface area contributed by atoms with Gasteiger partial charge in [0, 0.05) is 12.1 Å². The molecular formula is C16H35N3. The van der Waals surface area contributed by atoms with Crippen molar-refractivity contribution in [2.75, 3.05) is 40.3 Å². The van der Waals surface area contributed by atoms with Crippen LogP contribution in [0.5, 0.6) is 0 Å². The highest BCUT2D eigenvalue weighted by Crippen LogP contribution is 2.39. The van der Waals surface area contributed by atoms with Crippen LogP contribution >= 0.6 is 0 Å². The molecule has 0 spiro atoms. The average molecular weight is 269 g/mol. The summed E-state index contributed by atoms with van der Waals surface area (Å²) in [5.74, 6) is 0.797. The summed E-state index contributed by atoms with van der Waals surface area (Å²) >= 11 is 0. The van der Waals surface area contributed by atoms with E-state index in [0.717, 1.165) is 19.0 Å². The van der Waals surface area contributed by atoms with Crippen LogP contribution in [0.1, 0.15) is 52.4 Å². The molecule has 1 fully saturated rings. The van der Waals surface area contributed by atoms with Gasteiger partial charge in [-0.1, -0.05) is 33.1 Å². The minimum absolute atomic E-state index is 0.286. The highest BCUT2D eigenvalue weighted by molar-refractivity contribution is 4.99. The Bertz CT molecular complexity index is 242. The quantitative estimate of drug-likeness (QED) is 0.735. The molecule has 0 aromatic heterocycles. The Morgan fingerprint density at radius 3 is 2.42 bits per heavy atom. The van der Waals surface area contributed by atoms with Crippen LogP contribution in [0.15, 0.2) is 0 Å². The summed E-state index contributed by atoms with van der Waals surface area (Å²) in [7, 11) is 4.31. The van der Waals surface area contributed by atoms with E-state index in [4.69, 9.17) is 5.73 Å². The SMILES string of the molecule is CCC1CCCCC1(CN)N(CC)CCCN(C)C. The van der Waals surface area contributed by atoms with Crippen molar-refractivity contribution in [2.45, 2.75) is 57.9 Å². The lowest BCUT2D eigenvalue weighted by Gasteiger charge is -2.51. The van der Waals surface area contributed by atoms with Crippen molar-refractivity contribution in [1.82, 2.24) is 9.80 Å². The molecule has 114 valence electrons. The number of nitrogens with zero attached hydrogens (tertiary/aromatic N) is 2. The van der Waals surface area contributed by atoms with Crippen molar-refractivity contribution in [1.29, 1.82) is 0 Å². The van der Waals surface area contributed by atoms with Gasteiger partial charge in [-0.25, -0.2) is 0 Å².